The van der Waals surface area contributed by atoms with Crippen molar-refractivity contribution < 1.29 is 24.2 Å². The van der Waals surface area contributed by atoms with E-state index in [9.17, 15) is 19.5 Å². The van der Waals surface area contributed by atoms with Gasteiger partial charge in [0.2, 0.25) is 0 Å². The van der Waals surface area contributed by atoms with Crippen molar-refractivity contribution in [1.29, 1.82) is 0 Å². The van der Waals surface area contributed by atoms with E-state index in [1.807, 2.05) is 57.2 Å². The number of nitrogens with one attached hydrogen (secondary N) is 1. The number of hydrogen-bond acceptors (Lipinski definition) is 6. The zero-order chi connectivity index (χ0) is 33.8. The van der Waals surface area contributed by atoms with Crippen molar-refractivity contribution in [3.8, 4) is 5.75 Å². The van der Waals surface area contributed by atoms with E-state index in [1.54, 1.807) is 55.6 Å². The van der Waals surface area contributed by atoms with Crippen LogP contribution in [0.1, 0.15) is 88.0 Å². The van der Waals surface area contributed by atoms with E-state index < -0.39 is 17.5 Å². The molecule has 3 rings (SSSR count). The normalized spacial score (nSPS) is 11.8. The molecule has 0 fully saturated rings. The molecule has 0 aliphatic carbocycles. The van der Waals surface area contributed by atoms with Crippen LogP contribution in [-0.4, -0.2) is 46.1 Å². The number of carboxylic acid groups (broad SMARTS) is 1. The number of carbonyl (C=O) groups is 3. The quantitative estimate of drug-likeness (QED) is 0.0961. The molecule has 0 aromatic heterocycles. The fourth-order valence-electron chi connectivity index (χ4n) is 4.17. The molecule has 0 unspecified atom stereocenters. The summed E-state index contributed by atoms with van der Waals surface area (Å²) in [5, 5.41) is 18.3. The van der Waals surface area contributed by atoms with Crippen LogP contribution in [0.2, 0.25) is 0 Å². The predicted octanol–water partition coefficient (Wildman–Crippen LogP) is 7.30. The highest BCUT2D eigenvalue weighted by Gasteiger charge is 2.30. The van der Waals surface area contributed by atoms with Gasteiger partial charge in [-0.3, -0.25) is 14.6 Å². The van der Waals surface area contributed by atoms with Crippen LogP contribution < -0.4 is 10.1 Å². The van der Waals surface area contributed by atoms with Gasteiger partial charge >= 0.3 is 5.97 Å². The summed E-state index contributed by atoms with van der Waals surface area (Å²) in [6.45, 7) is 17.0. The minimum absolute atomic E-state index is 0.0148. The molecule has 3 aromatic rings. The number of aliphatic carboxylic acids is 1. The van der Waals surface area contributed by atoms with Crippen molar-refractivity contribution in [2.75, 3.05) is 6.54 Å². The minimum Gasteiger partial charge on any atom is -0.478 e. The second-order valence-corrected chi connectivity index (χ2v) is 11.8. The van der Waals surface area contributed by atoms with Gasteiger partial charge in [-0.2, -0.15) is 5.10 Å². The van der Waals surface area contributed by atoms with E-state index in [0.29, 0.717) is 11.3 Å². The number of amides is 1. The lowest BCUT2D eigenvalue weighted by Crippen LogP contribution is -2.38. The first-order valence-electron chi connectivity index (χ1n) is 15.2. The fraction of sp³-hybridized carbons (Fsp3) is 0.351. The molecule has 3 aromatic carbocycles. The molecule has 0 spiro atoms. The molecule has 2 N–H and O–H groups in total. The highest BCUT2D eigenvalue weighted by atomic mass is 16.5. The molecule has 45 heavy (non-hydrogen) atoms. The van der Waals surface area contributed by atoms with Crippen molar-refractivity contribution >= 4 is 23.9 Å². The Kier molecular flexibility index (Phi) is 13.3. The maximum atomic E-state index is 13.4. The number of ketones is 1. The lowest BCUT2D eigenvalue weighted by molar-refractivity contribution is -0.152. The number of hydrogen-bond donors (Lipinski definition) is 2. The third-order valence-corrected chi connectivity index (χ3v) is 6.87. The highest BCUT2D eigenvalue weighted by molar-refractivity contribution is 5.99. The molecule has 240 valence electrons. The van der Waals surface area contributed by atoms with Crippen LogP contribution in [0.3, 0.4) is 0 Å². The number of carbonyl (C=O) groups excluding carboxylic acids is 2. The SMILES string of the molecule is C/C=C(/C(=O)NCc1ccc(OC(C)(C)C(=O)O)c(C)c1)N(CC(=O)c1ccccc1)/N=C/c1ccc(C(C)(C)C)cc1.CC. The van der Waals surface area contributed by atoms with E-state index in [4.69, 9.17) is 4.74 Å². The van der Waals surface area contributed by atoms with Crippen LogP contribution in [0, 0.1) is 6.92 Å². The van der Waals surface area contributed by atoms with Gasteiger partial charge in [-0.15, -0.1) is 0 Å². The topological polar surface area (TPSA) is 108 Å². The van der Waals surface area contributed by atoms with Crippen LogP contribution >= 0.6 is 0 Å². The Morgan fingerprint density at radius 3 is 2.09 bits per heavy atom. The first-order valence-corrected chi connectivity index (χ1v) is 15.2. The maximum Gasteiger partial charge on any atom is 0.347 e. The van der Waals surface area contributed by atoms with Gasteiger partial charge in [0.25, 0.3) is 5.91 Å². The lowest BCUT2D eigenvalue weighted by Gasteiger charge is -2.23. The monoisotopic (exact) mass is 613 g/mol. The Morgan fingerprint density at radius 2 is 1.56 bits per heavy atom. The molecule has 8 nitrogen and oxygen atoms in total. The van der Waals surface area contributed by atoms with Crippen LogP contribution in [-0.2, 0) is 21.5 Å². The van der Waals surface area contributed by atoms with E-state index in [1.165, 1.54) is 24.4 Å². The van der Waals surface area contributed by atoms with Gasteiger partial charge in [0.05, 0.1) is 6.21 Å². The molecule has 0 aliphatic heterocycles. The third-order valence-electron chi connectivity index (χ3n) is 6.87. The number of Topliss-reactive ketones (excluding diaryl/α,β-unsaturated/α-hetero) is 1. The summed E-state index contributed by atoms with van der Waals surface area (Å²) < 4.78 is 5.67. The van der Waals surface area contributed by atoms with Crippen LogP contribution in [0.4, 0.5) is 0 Å². The number of hydrazone groups is 1. The summed E-state index contributed by atoms with van der Waals surface area (Å²) in [4.78, 5) is 38.0. The lowest BCUT2D eigenvalue weighted by atomic mass is 9.87. The molecule has 0 saturated heterocycles. The third kappa shape index (κ3) is 10.7. The molecular weight excluding hydrogens is 566 g/mol. The summed E-state index contributed by atoms with van der Waals surface area (Å²) in [5.41, 5.74) is 2.96. The van der Waals surface area contributed by atoms with Gasteiger partial charge in [0.15, 0.2) is 11.4 Å². The number of carboxylic acids is 1. The molecule has 1 amide bonds. The second kappa shape index (κ2) is 16.4. The van der Waals surface area contributed by atoms with Crippen molar-refractivity contribution in [1.82, 2.24) is 10.3 Å². The summed E-state index contributed by atoms with van der Waals surface area (Å²) >= 11 is 0. The minimum atomic E-state index is -1.38. The number of ether oxygens (including phenoxy) is 1. The smallest absolute Gasteiger partial charge is 0.347 e. The number of nitrogens with zero attached hydrogens (tertiary/aromatic N) is 2. The zero-order valence-corrected chi connectivity index (χ0v) is 28.0. The van der Waals surface area contributed by atoms with E-state index >= 15 is 0 Å². The predicted molar refractivity (Wildman–Crippen MR) is 181 cm³/mol. The van der Waals surface area contributed by atoms with Gasteiger partial charge in [-0.25, -0.2) is 4.79 Å². The Balaban J connectivity index is 0.00000345. The highest BCUT2D eigenvalue weighted by Crippen LogP contribution is 2.25. The Morgan fingerprint density at radius 1 is 0.933 bits per heavy atom. The van der Waals surface area contributed by atoms with Gasteiger partial charge in [0, 0.05) is 12.1 Å². The molecule has 0 saturated carbocycles. The average Bonchev–Trinajstić information content (AvgIpc) is 3.01. The van der Waals surface area contributed by atoms with Crippen molar-refractivity contribution in [3.63, 3.8) is 0 Å². The summed E-state index contributed by atoms with van der Waals surface area (Å²) in [5.74, 6) is -1.19. The summed E-state index contributed by atoms with van der Waals surface area (Å²) in [7, 11) is 0. The zero-order valence-electron chi connectivity index (χ0n) is 28.0. The number of allylic oxidation sites excluding steroid dienone is 1. The maximum absolute atomic E-state index is 13.4. The van der Waals surface area contributed by atoms with E-state index in [2.05, 4.69) is 31.2 Å². The van der Waals surface area contributed by atoms with E-state index in [-0.39, 0.29) is 30.0 Å². The molecule has 8 heteroatoms. The molecule has 0 radical (unpaired) electrons. The summed E-state index contributed by atoms with van der Waals surface area (Å²) in [6.07, 6.45) is 3.27. The second-order valence-electron chi connectivity index (χ2n) is 11.8. The van der Waals surface area contributed by atoms with Crippen LogP contribution in [0.5, 0.6) is 5.75 Å². The first-order chi connectivity index (χ1) is 21.2. The molecule has 0 aliphatic rings. The molecular formula is C37H47N3O5. The van der Waals surface area contributed by atoms with E-state index in [0.717, 1.165) is 16.7 Å². The van der Waals surface area contributed by atoms with Gasteiger partial charge in [0.1, 0.15) is 18.0 Å². The van der Waals surface area contributed by atoms with Crippen LogP contribution in [0.15, 0.2) is 89.7 Å². The van der Waals surface area contributed by atoms with Gasteiger partial charge in [-0.05, 0) is 61.4 Å². The van der Waals surface area contributed by atoms with Crippen molar-refractivity contribution in [2.24, 2.45) is 5.10 Å². The van der Waals surface area contributed by atoms with Gasteiger partial charge in [-0.1, -0.05) is 107 Å². The standard InChI is InChI=1S/C35H41N3O5.C2H6/c1-8-29(32(40)36-21-26-16-19-31(24(2)20-26)43-35(6,7)33(41)42)38(23-30(39)27-12-10-9-11-13-27)37-22-25-14-17-28(18-15-25)34(3,4)5;1-2/h8-20,22H,21,23H2,1-7H3,(H,36,40)(H,41,42);1-2H3/b29-8-,37-22+;. The van der Waals surface area contributed by atoms with Crippen molar-refractivity contribution in [2.45, 2.75) is 79.9 Å². The molecule has 0 heterocycles. The Bertz CT molecular complexity index is 1500. The molecule has 0 bridgehead atoms. The molecule has 0 atom stereocenters. The Labute approximate surface area is 267 Å². The van der Waals surface area contributed by atoms with Crippen molar-refractivity contribution in [3.05, 3.63) is 112 Å². The van der Waals surface area contributed by atoms with Crippen LogP contribution in [0.25, 0.3) is 0 Å². The number of benzene rings is 3. The van der Waals surface area contributed by atoms with Gasteiger partial charge < -0.3 is 15.2 Å². The Hall–Kier alpha value is -4.72. The first kappa shape index (κ1) is 36.5. The summed E-state index contributed by atoms with van der Waals surface area (Å²) in [6, 6.07) is 22.2. The average molecular weight is 614 g/mol. The number of aryl methyl sites for hydroxylation is 1. The largest absolute Gasteiger partial charge is 0.478 e. The number of rotatable bonds is 12. The fourth-order valence-corrected chi connectivity index (χ4v) is 4.17.